The van der Waals surface area contributed by atoms with Crippen LogP contribution in [-0.4, -0.2) is 0 Å². The standard InChI is InChI=1S/C21H30F6/c1-4-5-6-7-8-9-13-19(2,3)14-12-16-10-11-17(20(22,23)24)18(15-16)21(25,26)27/h10-11,15H,4-9,12-14H2,1-3H3. The van der Waals surface area contributed by atoms with Gasteiger partial charge >= 0.3 is 12.4 Å². The van der Waals surface area contributed by atoms with Crippen LogP contribution in [0, 0.1) is 5.41 Å². The van der Waals surface area contributed by atoms with Crippen LogP contribution in [0.4, 0.5) is 26.3 Å². The number of rotatable bonds is 10. The number of unbranched alkanes of at least 4 members (excludes halogenated alkanes) is 5. The molecule has 0 nitrogen and oxygen atoms in total. The molecule has 0 aromatic heterocycles. The topological polar surface area (TPSA) is 0 Å². The molecular weight excluding hydrogens is 366 g/mol. The first kappa shape index (κ1) is 23.8. The molecule has 6 heteroatoms. The van der Waals surface area contributed by atoms with E-state index in [0.717, 1.165) is 19.3 Å². The Kier molecular flexibility index (Phi) is 8.68. The summed E-state index contributed by atoms with van der Waals surface area (Å²) < 4.78 is 77.6. The average Bonchev–Trinajstić information content (AvgIpc) is 2.54. The summed E-state index contributed by atoms with van der Waals surface area (Å²) in [4.78, 5) is 0. The third-order valence-corrected chi connectivity index (χ3v) is 4.99. The summed E-state index contributed by atoms with van der Waals surface area (Å²) in [5.41, 5.74) is -2.97. The zero-order valence-electron chi connectivity index (χ0n) is 16.4. The van der Waals surface area contributed by atoms with Gasteiger partial charge in [0, 0.05) is 0 Å². The second kappa shape index (κ2) is 9.83. The van der Waals surface area contributed by atoms with Crippen LogP contribution in [0.1, 0.15) is 88.8 Å². The first-order chi connectivity index (χ1) is 12.4. The number of alkyl halides is 6. The lowest BCUT2D eigenvalue weighted by molar-refractivity contribution is -0.162. The number of benzene rings is 1. The first-order valence-electron chi connectivity index (χ1n) is 9.64. The Bertz CT molecular complexity index is 569. The van der Waals surface area contributed by atoms with Gasteiger partial charge in [-0.05, 0) is 42.4 Å². The monoisotopic (exact) mass is 396 g/mol. The Hall–Kier alpha value is -1.20. The van der Waals surface area contributed by atoms with Gasteiger partial charge in [0.05, 0.1) is 11.1 Å². The van der Waals surface area contributed by atoms with Gasteiger partial charge in [-0.25, -0.2) is 0 Å². The van der Waals surface area contributed by atoms with Crippen LogP contribution in [0.25, 0.3) is 0 Å². The summed E-state index contributed by atoms with van der Waals surface area (Å²) in [5, 5.41) is 0. The van der Waals surface area contributed by atoms with Gasteiger partial charge in [0.2, 0.25) is 0 Å². The molecule has 0 bridgehead atoms. The second-order valence-corrected chi connectivity index (χ2v) is 8.06. The minimum atomic E-state index is -5.02. The van der Waals surface area contributed by atoms with E-state index in [-0.39, 0.29) is 5.41 Å². The highest BCUT2D eigenvalue weighted by atomic mass is 19.4. The van der Waals surface area contributed by atoms with E-state index in [1.54, 1.807) is 0 Å². The normalized spacial score (nSPS) is 13.2. The molecule has 1 aromatic rings. The molecule has 0 saturated heterocycles. The van der Waals surface area contributed by atoms with Crippen molar-refractivity contribution in [3.05, 3.63) is 34.9 Å². The minimum Gasteiger partial charge on any atom is -0.166 e. The van der Waals surface area contributed by atoms with E-state index in [0.29, 0.717) is 30.5 Å². The summed E-state index contributed by atoms with van der Waals surface area (Å²) in [7, 11) is 0. The van der Waals surface area contributed by atoms with E-state index in [4.69, 9.17) is 0 Å². The van der Waals surface area contributed by atoms with Gasteiger partial charge in [-0.15, -0.1) is 0 Å². The smallest absolute Gasteiger partial charge is 0.166 e. The maximum absolute atomic E-state index is 13.0. The fourth-order valence-corrected chi connectivity index (χ4v) is 3.22. The Morgan fingerprint density at radius 1 is 0.704 bits per heavy atom. The van der Waals surface area contributed by atoms with Crippen LogP contribution in [0.5, 0.6) is 0 Å². The van der Waals surface area contributed by atoms with E-state index in [1.807, 2.05) is 0 Å². The van der Waals surface area contributed by atoms with Crippen molar-refractivity contribution in [2.45, 2.75) is 90.9 Å². The molecule has 0 fully saturated rings. The molecule has 1 aromatic carbocycles. The molecule has 0 saturated carbocycles. The van der Waals surface area contributed by atoms with Crippen LogP contribution in [0.2, 0.25) is 0 Å². The van der Waals surface area contributed by atoms with E-state index < -0.39 is 23.5 Å². The van der Waals surface area contributed by atoms with E-state index in [2.05, 4.69) is 20.8 Å². The highest BCUT2D eigenvalue weighted by Gasteiger charge is 2.43. The van der Waals surface area contributed by atoms with Crippen molar-refractivity contribution < 1.29 is 26.3 Å². The summed E-state index contributed by atoms with van der Waals surface area (Å²) in [5.74, 6) is 0. The average molecular weight is 396 g/mol. The molecule has 0 aliphatic rings. The van der Waals surface area contributed by atoms with E-state index in [9.17, 15) is 26.3 Å². The molecule has 0 spiro atoms. The van der Waals surface area contributed by atoms with Crippen LogP contribution >= 0.6 is 0 Å². The highest BCUT2D eigenvalue weighted by Crippen LogP contribution is 2.41. The second-order valence-electron chi connectivity index (χ2n) is 8.06. The van der Waals surface area contributed by atoms with Crippen LogP contribution in [0.3, 0.4) is 0 Å². The largest absolute Gasteiger partial charge is 0.417 e. The summed E-state index contributed by atoms with van der Waals surface area (Å²) in [6.07, 6.45) is -1.03. The Balaban J connectivity index is 2.68. The Morgan fingerprint density at radius 2 is 1.26 bits per heavy atom. The maximum atomic E-state index is 13.0. The van der Waals surface area contributed by atoms with Crippen molar-refractivity contribution in [3.8, 4) is 0 Å². The molecule has 0 radical (unpaired) electrons. The van der Waals surface area contributed by atoms with Gasteiger partial charge in [-0.1, -0.05) is 65.4 Å². The Morgan fingerprint density at radius 3 is 1.81 bits per heavy atom. The molecule has 0 heterocycles. The van der Waals surface area contributed by atoms with Crippen molar-refractivity contribution >= 4 is 0 Å². The number of halogens is 6. The molecule has 0 aliphatic heterocycles. The minimum absolute atomic E-state index is 0.0498. The van der Waals surface area contributed by atoms with Crippen molar-refractivity contribution in [2.24, 2.45) is 5.41 Å². The van der Waals surface area contributed by atoms with Crippen molar-refractivity contribution in [3.63, 3.8) is 0 Å². The molecule has 0 atom stereocenters. The van der Waals surface area contributed by atoms with Crippen molar-refractivity contribution in [1.29, 1.82) is 0 Å². The lowest BCUT2D eigenvalue weighted by atomic mass is 9.81. The molecule has 0 N–H and O–H groups in total. The van der Waals surface area contributed by atoms with Crippen LogP contribution in [0.15, 0.2) is 18.2 Å². The molecule has 27 heavy (non-hydrogen) atoms. The lowest BCUT2D eigenvalue weighted by Crippen LogP contribution is -2.17. The first-order valence-corrected chi connectivity index (χ1v) is 9.64. The van der Waals surface area contributed by atoms with Gasteiger partial charge < -0.3 is 0 Å². The van der Waals surface area contributed by atoms with Crippen molar-refractivity contribution in [2.75, 3.05) is 0 Å². The maximum Gasteiger partial charge on any atom is 0.417 e. The summed E-state index contributed by atoms with van der Waals surface area (Å²) in [6, 6.07) is 2.38. The number of hydrogen-bond acceptors (Lipinski definition) is 0. The van der Waals surface area contributed by atoms with Gasteiger partial charge in [-0.2, -0.15) is 26.3 Å². The van der Waals surface area contributed by atoms with Crippen LogP contribution in [-0.2, 0) is 18.8 Å². The molecule has 0 aliphatic carbocycles. The fourth-order valence-electron chi connectivity index (χ4n) is 3.22. The van der Waals surface area contributed by atoms with Gasteiger partial charge in [-0.3, -0.25) is 0 Å². The molecule has 1 rings (SSSR count). The van der Waals surface area contributed by atoms with E-state index >= 15 is 0 Å². The number of hydrogen-bond donors (Lipinski definition) is 0. The third kappa shape index (κ3) is 8.56. The highest BCUT2D eigenvalue weighted by molar-refractivity contribution is 5.36. The van der Waals surface area contributed by atoms with Gasteiger partial charge in [0.15, 0.2) is 0 Å². The zero-order valence-corrected chi connectivity index (χ0v) is 16.4. The molecule has 0 amide bonds. The number of aryl methyl sites for hydroxylation is 1. The summed E-state index contributed by atoms with van der Waals surface area (Å²) >= 11 is 0. The third-order valence-electron chi connectivity index (χ3n) is 4.99. The lowest BCUT2D eigenvalue weighted by Gasteiger charge is -2.25. The SMILES string of the molecule is CCCCCCCCC(C)(C)CCc1ccc(C(F)(F)F)c(C(F)(F)F)c1. The molecule has 0 unspecified atom stereocenters. The predicted molar refractivity (Wildman–Crippen MR) is 96.5 cm³/mol. The van der Waals surface area contributed by atoms with Gasteiger partial charge in [0.1, 0.15) is 0 Å². The molecular formula is C21H30F6. The van der Waals surface area contributed by atoms with Gasteiger partial charge in [0.25, 0.3) is 0 Å². The van der Waals surface area contributed by atoms with Crippen molar-refractivity contribution in [1.82, 2.24) is 0 Å². The zero-order chi connectivity index (χ0) is 20.7. The fraction of sp³-hybridized carbons (Fsp3) is 0.714. The van der Waals surface area contributed by atoms with E-state index in [1.165, 1.54) is 31.7 Å². The van der Waals surface area contributed by atoms with Crippen LogP contribution < -0.4 is 0 Å². The predicted octanol–water partition coefficient (Wildman–Crippen LogP) is 8.43. The quantitative estimate of drug-likeness (QED) is 0.275. The Labute approximate surface area is 158 Å². The summed E-state index contributed by atoms with van der Waals surface area (Å²) in [6.45, 7) is 6.29. The molecule has 156 valence electrons.